The molecule has 52 heavy (non-hydrogen) atoms. The monoisotopic (exact) mass is 725 g/mol. The van der Waals surface area contributed by atoms with Gasteiger partial charge in [-0.1, -0.05) is 62.3 Å². The average molecular weight is 725 g/mol. The molecule has 3 N–H and O–H groups in total. The molecule has 8 atom stereocenters. The Labute approximate surface area is 312 Å². The summed E-state index contributed by atoms with van der Waals surface area (Å²) in [4.78, 5) is 65.6. The lowest BCUT2D eigenvalue weighted by atomic mass is 9.33. The lowest BCUT2D eigenvalue weighted by Crippen LogP contribution is -2.68. The Bertz CT molecular complexity index is 1560. The van der Waals surface area contributed by atoms with Gasteiger partial charge in [-0.25, -0.2) is 0 Å². The van der Waals surface area contributed by atoms with E-state index in [0.29, 0.717) is 18.3 Å². The van der Waals surface area contributed by atoms with Gasteiger partial charge in [0.25, 0.3) is 0 Å². The molecule has 0 heterocycles. The Balaban J connectivity index is 1.45. The van der Waals surface area contributed by atoms with E-state index in [1.165, 1.54) is 0 Å². The molecule has 5 aliphatic carbocycles. The first-order valence-corrected chi connectivity index (χ1v) is 20.1. The number of fused-ring (bicyclic) bond motifs is 7. The Kier molecular flexibility index (Phi) is 10.1. The molecule has 2 amide bonds. The van der Waals surface area contributed by atoms with Crippen molar-refractivity contribution in [1.29, 1.82) is 0 Å². The molecule has 5 rings (SSSR count). The van der Waals surface area contributed by atoms with Crippen LogP contribution in [0.5, 0.6) is 0 Å². The molecule has 0 aromatic carbocycles. The van der Waals surface area contributed by atoms with E-state index in [1.54, 1.807) is 27.7 Å². The van der Waals surface area contributed by atoms with Crippen LogP contribution in [0.4, 0.5) is 0 Å². The fraction of sp³-hybridized carbons (Fsp3) is 0.837. The fourth-order valence-corrected chi connectivity index (χ4v) is 12.5. The number of hydrogen-bond donors (Lipinski definition) is 3. The molecular weight excluding hydrogens is 656 g/mol. The zero-order chi connectivity index (χ0) is 39.2. The van der Waals surface area contributed by atoms with Crippen LogP contribution >= 0.6 is 0 Å². The van der Waals surface area contributed by atoms with Crippen molar-refractivity contribution < 1.29 is 33.8 Å². The lowest BCUT2D eigenvalue weighted by Gasteiger charge is -2.72. The minimum absolute atomic E-state index is 0.00627. The number of rotatable bonds is 9. The van der Waals surface area contributed by atoms with Gasteiger partial charge in [0.1, 0.15) is 11.6 Å². The van der Waals surface area contributed by atoms with Gasteiger partial charge in [-0.3, -0.25) is 24.0 Å². The van der Waals surface area contributed by atoms with Gasteiger partial charge in [0, 0.05) is 17.8 Å². The number of Topliss-reactive ketones (excluding diaryl/α,β-unsaturated/α-hetero) is 1. The Morgan fingerprint density at radius 2 is 1.48 bits per heavy atom. The van der Waals surface area contributed by atoms with Gasteiger partial charge in [0.15, 0.2) is 5.78 Å². The third kappa shape index (κ3) is 6.16. The van der Waals surface area contributed by atoms with Crippen LogP contribution in [0.25, 0.3) is 0 Å². The van der Waals surface area contributed by atoms with Gasteiger partial charge in [-0.05, 0) is 130 Å². The summed E-state index contributed by atoms with van der Waals surface area (Å²) in [5.41, 5.74) is -1.34. The van der Waals surface area contributed by atoms with Gasteiger partial charge in [-0.2, -0.15) is 0 Å². The average Bonchev–Trinajstić information content (AvgIpc) is 3.30. The van der Waals surface area contributed by atoms with Crippen LogP contribution in [0, 0.1) is 56.7 Å². The summed E-state index contributed by atoms with van der Waals surface area (Å²) in [5, 5.41) is 16.0. The topological polar surface area (TPSA) is 139 Å². The van der Waals surface area contributed by atoms with Crippen LogP contribution < -0.4 is 10.6 Å². The van der Waals surface area contributed by atoms with Gasteiger partial charge in [-0.15, -0.1) is 0 Å². The number of carboxylic acid groups (broad SMARTS) is 1. The van der Waals surface area contributed by atoms with E-state index in [1.807, 2.05) is 13.8 Å². The van der Waals surface area contributed by atoms with Crippen LogP contribution in [0.2, 0.25) is 0 Å². The van der Waals surface area contributed by atoms with Crippen molar-refractivity contribution in [3.63, 3.8) is 0 Å². The number of nitrogens with one attached hydrogen (secondary N) is 2. The SMILES string of the molecule is CC(C)C(=O)NC(C)(C)C(=O)N[C@@]12CC[C@]3(C)[C@H](CC[C@@H]4[C@@]5(C)CC[C@H](OC(=O)CC(C)(C)C(=O)O)C(C)(C)[C@@H]5CC[C@]43C)C1=C(C(C)C)C(=O)C2. The molecule has 0 spiro atoms. The third-order valence-electron chi connectivity index (χ3n) is 15.7. The summed E-state index contributed by atoms with van der Waals surface area (Å²) in [6, 6.07) is 0. The normalized spacial score (nSPS) is 37.1. The van der Waals surface area contributed by atoms with Crippen molar-refractivity contribution in [3.05, 3.63) is 11.1 Å². The number of carboxylic acids is 1. The Hall–Kier alpha value is -2.71. The standard InChI is InChI=1S/C43H68N2O7/c1-24(2)32-27(46)22-43(45-35(49)39(9,10)44-34(48)25(3)4)21-20-41(12)26(33(32)43)14-15-29-40(11)18-17-30(52-31(47)23-37(5,6)36(50)51)38(7,8)28(40)16-19-42(29,41)13/h24-26,28-30H,14-23H2,1-13H3,(H,44,48)(H,45,49)(H,50,51)/t26-,28+,29-,30+,40+,41-,42-,43-/m1/s1. The van der Waals surface area contributed by atoms with Gasteiger partial charge in [0.05, 0.1) is 17.4 Å². The molecule has 0 bridgehead atoms. The molecular formula is C43H68N2O7. The zero-order valence-electron chi connectivity index (χ0n) is 34.4. The number of ether oxygens (including phenoxy) is 1. The van der Waals surface area contributed by atoms with Crippen molar-refractivity contribution in [2.75, 3.05) is 0 Å². The third-order valence-corrected chi connectivity index (χ3v) is 15.7. The van der Waals surface area contributed by atoms with Gasteiger partial charge in [0.2, 0.25) is 11.8 Å². The number of ketones is 1. The van der Waals surface area contributed by atoms with E-state index >= 15 is 0 Å². The van der Waals surface area contributed by atoms with Crippen molar-refractivity contribution in [1.82, 2.24) is 10.6 Å². The summed E-state index contributed by atoms with van der Waals surface area (Å²) >= 11 is 0. The summed E-state index contributed by atoms with van der Waals surface area (Å²) in [6.07, 6.45) is 7.16. The number of esters is 1. The van der Waals surface area contributed by atoms with E-state index in [2.05, 4.69) is 59.1 Å². The number of allylic oxidation sites excluding steroid dienone is 1. The second kappa shape index (κ2) is 13.0. The fourth-order valence-electron chi connectivity index (χ4n) is 12.5. The highest BCUT2D eigenvalue weighted by Gasteiger charge is 2.70. The zero-order valence-corrected chi connectivity index (χ0v) is 34.4. The van der Waals surface area contributed by atoms with Crippen molar-refractivity contribution in [2.24, 2.45) is 56.7 Å². The predicted molar refractivity (Wildman–Crippen MR) is 201 cm³/mol. The van der Waals surface area contributed by atoms with Crippen molar-refractivity contribution in [3.8, 4) is 0 Å². The van der Waals surface area contributed by atoms with Crippen molar-refractivity contribution >= 4 is 29.5 Å². The molecule has 0 aromatic rings. The lowest BCUT2D eigenvalue weighted by molar-refractivity contribution is -0.232. The second-order valence-corrected chi connectivity index (χ2v) is 20.7. The smallest absolute Gasteiger partial charge is 0.309 e. The minimum atomic E-state index is -1.18. The molecule has 9 heteroatoms. The van der Waals surface area contributed by atoms with Crippen LogP contribution in [0.3, 0.4) is 0 Å². The highest BCUT2D eigenvalue weighted by atomic mass is 16.5. The highest BCUT2D eigenvalue weighted by Crippen LogP contribution is 2.76. The van der Waals surface area contributed by atoms with E-state index in [4.69, 9.17) is 4.74 Å². The first-order chi connectivity index (χ1) is 23.7. The van der Waals surface area contributed by atoms with E-state index in [9.17, 15) is 29.1 Å². The molecule has 4 fully saturated rings. The first kappa shape index (κ1) is 40.5. The van der Waals surface area contributed by atoms with Crippen LogP contribution in [0.1, 0.15) is 154 Å². The number of amides is 2. The summed E-state index contributed by atoms with van der Waals surface area (Å²) in [5.74, 6) is -1.02. The van der Waals surface area contributed by atoms with Crippen LogP contribution in [-0.4, -0.2) is 51.8 Å². The Morgan fingerprint density at radius 3 is 2.06 bits per heavy atom. The number of aliphatic carboxylic acids is 1. The highest BCUT2D eigenvalue weighted by molar-refractivity contribution is 6.03. The quantitative estimate of drug-likeness (QED) is 0.206. The maximum atomic E-state index is 14.1. The maximum absolute atomic E-state index is 14.1. The molecule has 4 saturated carbocycles. The number of carbonyl (C=O) groups is 5. The largest absolute Gasteiger partial charge is 0.481 e. The van der Waals surface area contributed by atoms with E-state index in [0.717, 1.165) is 56.1 Å². The molecule has 0 aromatic heterocycles. The molecule has 292 valence electrons. The van der Waals surface area contributed by atoms with Crippen LogP contribution in [-0.2, 0) is 28.7 Å². The van der Waals surface area contributed by atoms with Crippen LogP contribution in [0.15, 0.2) is 11.1 Å². The molecule has 5 aliphatic rings. The van der Waals surface area contributed by atoms with Gasteiger partial charge < -0.3 is 20.5 Å². The second-order valence-electron chi connectivity index (χ2n) is 20.7. The summed E-state index contributed by atoms with van der Waals surface area (Å²) < 4.78 is 6.15. The molecule has 0 saturated heterocycles. The molecule has 0 aliphatic heterocycles. The minimum Gasteiger partial charge on any atom is -0.481 e. The summed E-state index contributed by atoms with van der Waals surface area (Å²) in [6.45, 7) is 26.4. The first-order valence-electron chi connectivity index (χ1n) is 20.1. The molecule has 0 unspecified atom stereocenters. The number of hydrogen-bond acceptors (Lipinski definition) is 6. The summed E-state index contributed by atoms with van der Waals surface area (Å²) in [7, 11) is 0. The Morgan fingerprint density at radius 1 is 0.846 bits per heavy atom. The van der Waals surface area contributed by atoms with Gasteiger partial charge >= 0.3 is 11.9 Å². The van der Waals surface area contributed by atoms with E-state index < -0.39 is 28.4 Å². The van der Waals surface area contributed by atoms with Crippen molar-refractivity contribution in [2.45, 2.75) is 171 Å². The predicted octanol–water partition coefficient (Wildman–Crippen LogP) is 7.80. The van der Waals surface area contributed by atoms with E-state index in [-0.39, 0.29) is 76.0 Å². The maximum Gasteiger partial charge on any atom is 0.309 e. The molecule has 9 nitrogen and oxygen atoms in total. The molecule has 0 radical (unpaired) electrons. The number of carbonyl (C=O) groups excluding carboxylic acids is 4.